The number of nitro benzene ring substituents is 1. The van der Waals surface area contributed by atoms with Crippen LogP contribution in [0.1, 0.15) is 5.56 Å². The number of halogens is 1. The van der Waals surface area contributed by atoms with E-state index in [0.29, 0.717) is 27.8 Å². The molecule has 0 heterocycles. The number of rotatable bonds is 6. The van der Waals surface area contributed by atoms with E-state index in [1.807, 2.05) is 0 Å². The summed E-state index contributed by atoms with van der Waals surface area (Å²) in [6.07, 6.45) is 2.56. The second kappa shape index (κ2) is 8.16. The molecular formula is C17H15ClN2O5. The van der Waals surface area contributed by atoms with Gasteiger partial charge in [-0.2, -0.15) is 0 Å². The van der Waals surface area contributed by atoms with Gasteiger partial charge in [-0.3, -0.25) is 14.9 Å². The molecule has 0 aliphatic heterocycles. The monoisotopic (exact) mass is 362 g/mol. The number of nitrogens with one attached hydrogen (secondary N) is 1. The zero-order chi connectivity index (χ0) is 18.4. The number of amides is 1. The lowest BCUT2D eigenvalue weighted by Crippen LogP contribution is -2.09. The normalized spacial score (nSPS) is 10.5. The molecule has 0 bridgehead atoms. The molecule has 25 heavy (non-hydrogen) atoms. The minimum atomic E-state index is -0.510. The number of nitro groups is 1. The van der Waals surface area contributed by atoms with Gasteiger partial charge in [0.05, 0.1) is 35.4 Å². The highest BCUT2D eigenvalue weighted by Gasteiger charge is 2.13. The molecule has 0 radical (unpaired) electrons. The molecule has 1 amide bonds. The molecule has 2 aromatic carbocycles. The molecule has 0 aromatic heterocycles. The number of methoxy groups -OCH3 is 2. The van der Waals surface area contributed by atoms with Crippen LogP contribution < -0.4 is 14.8 Å². The lowest BCUT2D eigenvalue weighted by Gasteiger charge is -2.12. The van der Waals surface area contributed by atoms with E-state index in [-0.39, 0.29) is 5.69 Å². The maximum absolute atomic E-state index is 12.1. The highest BCUT2D eigenvalue weighted by Crippen LogP contribution is 2.35. The fourth-order valence-electron chi connectivity index (χ4n) is 2.09. The van der Waals surface area contributed by atoms with Gasteiger partial charge in [-0.05, 0) is 18.2 Å². The number of para-hydroxylation sites is 1. The van der Waals surface area contributed by atoms with Gasteiger partial charge in [0.25, 0.3) is 5.69 Å². The summed E-state index contributed by atoms with van der Waals surface area (Å²) in [5, 5.41) is 13.9. The number of anilines is 1. The summed E-state index contributed by atoms with van der Waals surface area (Å²) in [6, 6.07) is 9.16. The van der Waals surface area contributed by atoms with Gasteiger partial charge in [0.1, 0.15) is 11.5 Å². The van der Waals surface area contributed by atoms with Crippen molar-refractivity contribution >= 4 is 35.0 Å². The maximum atomic E-state index is 12.1. The van der Waals surface area contributed by atoms with Crippen molar-refractivity contribution in [2.75, 3.05) is 19.5 Å². The molecule has 1 N–H and O–H groups in total. The molecule has 0 atom stereocenters. The summed E-state index contributed by atoms with van der Waals surface area (Å²) >= 11 is 6.05. The smallest absolute Gasteiger partial charge is 0.276 e. The highest BCUT2D eigenvalue weighted by atomic mass is 35.5. The zero-order valence-electron chi connectivity index (χ0n) is 13.5. The van der Waals surface area contributed by atoms with Gasteiger partial charge >= 0.3 is 0 Å². The Labute approximate surface area is 149 Å². The lowest BCUT2D eigenvalue weighted by molar-refractivity contribution is -0.385. The van der Waals surface area contributed by atoms with Crippen molar-refractivity contribution in [3.05, 3.63) is 63.2 Å². The lowest BCUT2D eigenvalue weighted by atomic mass is 10.1. The number of carbonyl (C=O) groups is 1. The molecule has 0 unspecified atom stereocenters. The van der Waals surface area contributed by atoms with Crippen molar-refractivity contribution in [2.45, 2.75) is 0 Å². The predicted octanol–water partition coefficient (Wildman–Crippen LogP) is 3.92. The SMILES string of the molecule is COc1cc(OC)c(NC(=O)/C=C/c2ccccc2[N+](=O)[O-])cc1Cl. The van der Waals surface area contributed by atoms with Crippen LogP contribution >= 0.6 is 11.6 Å². The number of nitrogens with zero attached hydrogens (tertiary/aromatic N) is 1. The van der Waals surface area contributed by atoms with Crippen molar-refractivity contribution in [1.82, 2.24) is 0 Å². The number of hydrogen-bond acceptors (Lipinski definition) is 5. The molecule has 7 nitrogen and oxygen atoms in total. The molecule has 0 spiro atoms. The Hall–Kier alpha value is -3.06. The molecule has 130 valence electrons. The second-order valence-electron chi connectivity index (χ2n) is 4.83. The summed E-state index contributed by atoms with van der Waals surface area (Å²) in [5.74, 6) is 0.290. The predicted molar refractivity (Wildman–Crippen MR) is 95.3 cm³/mol. The van der Waals surface area contributed by atoms with Crippen LogP contribution in [0.2, 0.25) is 5.02 Å². The number of benzene rings is 2. The van der Waals surface area contributed by atoms with Crippen molar-refractivity contribution in [1.29, 1.82) is 0 Å². The fourth-order valence-corrected chi connectivity index (χ4v) is 2.33. The quantitative estimate of drug-likeness (QED) is 0.478. The third-order valence-electron chi connectivity index (χ3n) is 3.28. The molecule has 0 saturated heterocycles. The Bertz CT molecular complexity index is 836. The van der Waals surface area contributed by atoms with Gasteiger partial charge in [-0.1, -0.05) is 23.7 Å². The topological polar surface area (TPSA) is 90.7 Å². The van der Waals surface area contributed by atoms with E-state index in [1.54, 1.807) is 24.3 Å². The zero-order valence-corrected chi connectivity index (χ0v) is 14.2. The molecule has 8 heteroatoms. The van der Waals surface area contributed by atoms with Crippen LogP contribution in [0, 0.1) is 10.1 Å². The van der Waals surface area contributed by atoms with Gasteiger partial charge in [-0.25, -0.2) is 0 Å². The van der Waals surface area contributed by atoms with Crippen molar-refractivity contribution < 1.29 is 19.2 Å². The van der Waals surface area contributed by atoms with Gasteiger partial charge < -0.3 is 14.8 Å². The summed E-state index contributed by atoms with van der Waals surface area (Å²) in [6.45, 7) is 0. The first-order chi connectivity index (χ1) is 12.0. The molecule has 0 aliphatic carbocycles. The number of ether oxygens (including phenoxy) is 2. The van der Waals surface area contributed by atoms with Crippen molar-refractivity contribution in [2.24, 2.45) is 0 Å². The number of hydrogen-bond donors (Lipinski definition) is 1. The second-order valence-corrected chi connectivity index (χ2v) is 5.23. The van der Waals surface area contributed by atoms with Crippen LogP contribution in [-0.4, -0.2) is 25.1 Å². The molecule has 0 fully saturated rings. The first-order valence-corrected chi connectivity index (χ1v) is 7.48. The Morgan fingerprint density at radius 3 is 2.52 bits per heavy atom. The van der Waals surface area contributed by atoms with Crippen LogP contribution in [0.4, 0.5) is 11.4 Å². The minimum Gasteiger partial charge on any atom is -0.495 e. The van der Waals surface area contributed by atoms with Gasteiger partial charge in [-0.15, -0.1) is 0 Å². The average molecular weight is 363 g/mol. The van der Waals surface area contributed by atoms with E-state index in [1.165, 1.54) is 38.5 Å². The van der Waals surface area contributed by atoms with E-state index in [4.69, 9.17) is 21.1 Å². The number of carbonyl (C=O) groups excluding carboxylic acids is 1. The van der Waals surface area contributed by atoms with Crippen LogP contribution in [0.3, 0.4) is 0 Å². The van der Waals surface area contributed by atoms with Crippen molar-refractivity contribution in [3.63, 3.8) is 0 Å². The van der Waals surface area contributed by atoms with E-state index in [9.17, 15) is 14.9 Å². The molecule has 0 aliphatic rings. The standard InChI is InChI=1S/C17H15ClN2O5/c1-24-15-10-16(25-2)13(9-12(15)18)19-17(21)8-7-11-5-3-4-6-14(11)20(22)23/h3-10H,1-2H3,(H,19,21)/b8-7+. The largest absolute Gasteiger partial charge is 0.495 e. The van der Waals surface area contributed by atoms with Crippen LogP contribution in [0.25, 0.3) is 6.08 Å². The van der Waals surface area contributed by atoms with Gasteiger partial charge in [0.2, 0.25) is 5.91 Å². The Kier molecular flexibility index (Phi) is 5.97. The van der Waals surface area contributed by atoms with Crippen LogP contribution in [0.15, 0.2) is 42.5 Å². The molecule has 2 rings (SSSR count). The van der Waals surface area contributed by atoms with Crippen molar-refractivity contribution in [3.8, 4) is 11.5 Å². The highest BCUT2D eigenvalue weighted by molar-refractivity contribution is 6.32. The fraction of sp³-hybridized carbons (Fsp3) is 0.118. The molecule has 2 aromatic rings. The minimum absolute atomic E-state index is 0.0865. The van der Waals surface area contributed by atoms with E-state index < -0.39 is 10.8 Å². The summed E-state index contributed by atoms with van der Waals surface area (Å²) in [5.41, 5.74) is 0.588. The van der Waals surface area contributed by atoms with E-state index in [0.717, 1.165) is 0 Å². The van der Waals surface area contributed by atoms with E-state index >= 15 is 0 Å². The third-order valence-corrected chi connectivity index (χ3v) is 3.57. The first kappa shape index (κ1) is 18.3. The Balaban J connectivity index is 2.21. The summed E-state index contributed by atoms with van der Waals surface area (Å²) in [4.78, 5) is 22.6. The van der Waals surface area contributed by atoms with E-state index in [2.05, 4.69) is 5.32 Å². The van der Waals surface area contributed by atoms with Crippen LogP contribution in [0.5, 0.6) is 11.5 Å². The van der Waals surface area contributed by atoms with Gasteiger partial charge in [0.15, 0.2) is 0 Å². The first-order valence-electron chi connectivity index (χ1n) is 7.10. The Morgan fingerprint density at radius 2 is 1.88 bits per heavy atom. The summed E-state index contributed by atoms with van der Waals surface area (Å²) < 4.78 is 10.3. The third kappa shape index (κ3) is 4.48. The maximum Gasteiger partial charge on any atom is 0.276 e. The summed E-state index contributed by atoms with van der Waals surface area (Å²) in [7, 11) is 2.91. The molecule has 0 saturated carbocycles. The van der Waals surface area contributed by atoms with Crippen LogP contribution in [-0.2, 0) is 4.79 Å². The Morgan fingerprint density at radius 1 is 1.20 bits per heavy atom. The van der Waals surface area contributed by atoms with Gasteiger partial charge in [0, 0.05) is 18.2 Å². The average Bonchev–Trinajstić information content (AvgIpc) is 2.60. The molecular weight excluding hydrogens is 348 g/mol.